The van der Waals surface area contributed by atoms with Crippen LogP contribution in [0.25, 0.3) is 109 Å². The molecule has 256 valence electrons. The maximum atomic E-state index is 2.50. The summed E-state index contributed by atoms with van der Waals surface area (Å²) in [5.74, 6) is 0. The summed E-state index contributed by atoms with van der Waals surface area (Å²) in [5.41, 5.74) is 13.0. The normalized spacial score (nSPS) is 13.4. The lowest BCUT2D eigenvalue weighted by atomic mass is 9.79. The number of fused-ring (bicyclic) bond motifs is 7. The molecular weight excluding hydrogens is 661 g/mol. The Hall–Kier alpha value is -6.76. The average molecular weight is 697 g/mol. The third kappa shape index (κ3) is 4.34. The van der Waals surface area contributed by atoms with E-state index >= 15 is 0 Å². The Labute approximate surface area is 320 Å². The molecule has 1 aliphatic carbocycles. The van der Waals surface area contributed by atoms with Gasteiger partial charge in [0.15, 0.2) is 0 Å². The minimum Gasteiger partial charge on any atom is -0.0616 e. The molecule has 11 aromatic rings. The number of benzene rings is 11. The lowest BCUT2D eigenvalue weighted by Crippen LogP contribution is -2.15. The predicted octanol–water partition coefficient (Wildman–Crippen LogP) is 15.4. The minimum atomic E-state index is -0.138. The van der Waals surface area contributed by atoms with Crippen LogP contribution >= 0.6 is 0 Å². The van der Waals surface area contributed by atoms with Crippen molar-refractivity contribution >= 4 is 64.6 Å². The van der Waals surface area contributed by atoms with E-state index < -0.39 is 0 Å². The van der Waals surface area contributed by atoms with Crippen molar-refractivity contribution < 1.29 is 0 Å². The summed E-state index contributed by atoms with van der Waals surface area (Å²) in [6.45, 7) is 4.82. The van der Waals surface area contributed by atoms with Gasteiger partial charge in [0.05, 0.1) is 0 Å². The maximum Gasteiger partial charge on any atom is 0.0165 e. The second kappa shape index (κ2) is 11.1. The van der Waals surface area contributed by atoms with Gasteiger partial charge in [0.25, 0.3) is 0 Å². The maximum absolute atomic E-state index is 2.50. The highest BCUT2D eigenvalue weighted by Crippen LogP contribution is 2.53. The van der Waals surface area contributed by atoms with Crippen LogP contribution in [0, 0.1) is 0 Å². The van der Waals surface area contributed by atoms with E-state index in [4.69, 9.17) is 0 Å². The second-order valence-corrected chi connectivity index (χ2v) is 16.1. The topological polar surface area (TPSA) is 0 Å². The van der Waals surface area contributed by atoms with E-state index in [1.165, 1.54) is 120 Å². The van der Waals surface area contributed by atoms with Gasteiger partial charge in [-0.2, -0.15) is 0 Å². The van der Waals surface area contributed by atoms with Gasteiger partial charge in [0, 0.05) is 5.41 Å². The summed E-state index contributed by atoms with van der Waals surface area (Å²) in [5, 5.41) is 15.5. The van der Waals surface area contributed by atoms with Gasteiger partial charge in [-0.15, -0.1) is 0 Å². The molecule has 0 nitrogen and oxygen atoms in total. The highest BCUT2D eigenvalue weighted by molar-refractivity contribution is 6.30. The van der Waals surface area contributed by atoms with Gasteiger partial charge >= 0.3 is 0 Å². The minimum absolute atomic E-state index is 0.138. The van der Waals surface area contributed by atoms with Crippen LogP contribution in [0.1, 0.15) is 25.0 Å². The van der Waals surface area contributed by atoms with E-state index in [-0.39, 0.29) is 5.41 Å². The third-order valence-corrected chi connectivity index (χ3v) is 12.8. The van der Waals surface area contributed by atoms with Gasteiger partial charge in [0.2, 0.25) is 0 Å². The quantitative estimate of drug-likeness (QED) is 0.161. The Morgan fingerprint density at radius 3 is 1.47 bits per heavy atom. The van der Waals surface area contributed by atoms with E-state index in [1.807, 2.05) is 0 Å². The highest BCUT2D eigenvalue weighted by atomic mass is 14.4. The van der Waals surface area contributed by atoms with Gasteiger partial charge < -0.3 is 0 Å². The molecule has 0 radical (unpaired) electrons. The van der Waals surface area contributed by atoms with Gasteiger partial charge in [-0.05, 0) is 145 Å². The Morgan fingerprint density at radius 2 is 0.764 bits per heavy atom. The summed E-state index contributed by atoms with van der Waals surface area (Å²) >= 11 is 0. The van der Waals surface area contributed by atoms with E-state index in [1.54, 1.807) is 0 Å². The summed E-state index contributed by atoms with van der Waals surface area (Å²) in [4.78, 5) is 0. The fourth-order valence-electron chi connectivity index (χ4n) is 10.1. The van der Waals surface area contributed by atoms with Gasteiger partial charge in [-0.3, -0.25) is 0 Å². The summed E-state index contributed by atoms with van der Waals surface area (Å²) in [7, 11) is 0. The number of hydrogen-bond acceptors (Lipinski definition) is 0. The first-order valence-electron chi connectivity index (χ1n) is 19.4. The molecule has 0 fully saturated rings. The standard InChI is InChI=1S/C55H36/c1-55(2)51-31-41(22-24-44(51)48-26-19-35-11-7-8-14-43(35)54(48)55)50-32-49(40-18-16-34-10-4-6-13-38(34)30-40)46-25-21-36-20-23-42(45-27-28-47(50)53(46)52(36)45)39-17-15-33-9-3-5-12-37(33)29-39/h3-32H,1-2H3. The first kappa shape index (κ1) is 30.7. The van der Waals surface area contributed by atoms with Gasteiger partial charge in [-0.1, -0.05) is 172 Å². The lowest BCUT2D eigenvalue weighted by Gasteiger charge is -2.24. The molecule has 0 atom stereocenters. The van der Waals surface area contributed by atoms with Crippen molar-refractivity contribution in [2.45, 2.75) is 19.3 Å². The van der Waals surface area contributed by atoms with Crippen molar-refractivity contribution in [3.8, 4) is 44.5 Å². The number of rotatable bonds is 3. The molecule has 0 amide bonds. The summed E-state index contributed by atoms with van der Waals surface area (Å²) < 4.78 is 0. The third-order valence-electron chi connectivity index (χ3n) is 12.8. The highest BCUT2D eigenvalue weighted by Gasteiger charge is 2.37. The van der Waals surface area contributed by atoms with E-state index in [2.05, 4.69) is 196 Å². The molecule has 0 spiro atoms. The van der Waals surface area contributed by atoms with Crippen molar-refractivity contribution in [1.29, 1.82) is 0 Å². The van der Waals surface area contributed by atoms with Crippen molar-refractivity contribution in [2.24, 2.45) is 0 Å². The van der Waals surface area contributed by atoms with Crippen LogP contribution in [-0.2, 0) is 5.41 Å². The monoisotopic (exact) mass is 696 g/mol. The zero-order valence-electron chi connectivity index (χ0n) is 30.8. The molecule has 0 unspecified atom stereocenters. The van der Waals surface area contributed by atoms with Crippen molar-refractivity contribution in [3.05, 3.63) is 193 Å². The van der Waals surface area contributed by atoms with Crippen molar-refractivity contribution in [3.63, 3.8) is 0 Å². The van der Waals surface area contributed by atoms with Crippen LogP contribution in [0.15, 0.2) is 182 Å². The first-order chi connectivity index (χ1) is 27.0. The van der Waals surface area contributed by atoms with E-state index in [9.17, 15) is 0 Å². The molecular formula is C55H36. The Morgan fingerprint density at radius 1 is 0.291 bits per heavy atom. The predicted molar refractivity (Wildman–Crippen MR) is 237 cm³/mol. The summed E-state index contributed by atoms with van der Waals surface area (Å²) in [6, 6.07) is 68.6. The molecule has 55 heavy (non-hydrogen) atoms. The fraction of sp³-hybridized carbons (Fsp3) is 0.0545. The molecule has 12 rings (SSSR count). The zero-order chi connectivity index (χ0) is 36.4. The lowest BCUT2D eigenvalue weighted by molar-refractivity contribution is 0.666. The van der Waals surface area contributed by atoms with Gasteiger partial charge in [-0.25, -0.2) is 0 Å². The molecule has 0 saturated carbocycles. The Balaban J connectivity index is 1.15. The molecule has 0 aromatic heterocycles. The SMILES string of the molecule is CC1(C)c2cc(-c3cc(-c4ccc5ccccc5c4)c4ccc5ccc(-c6ccc7ccccc7c6)c6ccc3c4c56)ccc2-c2ccc3ccccc3c21. The van der Waals surface area contributed by atoms with Crippen molar-refractivity contribution in [1.82, 2.24) is 0 Å². The molecule has 0 heterocycles. The molecule has 0 N–H and O–H groups in total. The van der Waals surface area contributed by atoms with Crippen LogP contribution in [0.3, 0.4) is 0 Å². The second-order valence-electron chi connectivity index (χ2n) is 16.1. The Kier molecular flexibility index (Phi) is 6.21. The largest absolute Gasteiger partial charge is 0.0616 e. The van der Waals surface area contributed by atoms with Crippen LogP contribution in [0.4, 0.5) is 0 Å². The van der Waals surface area contributed by atoms with E-state index in [0.29, 0.717) is 0 Å². The molecule has 11 aromatic carbocycles. The van der Waals surface area contributed by atoms with Crippen LogP contribution < -0.4 is 0 Å². The average Bonchev–Trinajstić information content (AvgIpc) is 3.47. The first-order valence-corrected chi connectivity index (χ1v) is 19.4. The van der Waals surface area contributed by atoms with Crippen LogP contribution in [0.5, 0.6) is 0 Å². The smallest absolute Gasteiger partial charge is 0.0165 e. The molecule has 0 heteroatoms. The zero-order valence-corrected chi connectivity index (χ0v) is 30.8. The molecule has 0 bridgehead atoms. The Bertz CT molecular complexity index is 3390. The number of hydrogen-bond donors (Lipinski definition) is 0. The van der Waals surface area contributed by atoms with Crippen molar-refractivity contribution in [2.75, 3.05) is 0 Å². The van der Waals surface area contributed by atoms with Crippen LogP contribution in [-0.4, -0.2) is 0 Å². The summed E-state index contributed by atoms with van der Waals surface area (Å²) in [6.07, 6.45) is 0. The van der Waals surface area contributed by atoms with Crippen LogP contribution in [0.2, 0.25) is 0 Å². The molecule has 0 saturated heterocycles. The van der Waals surface area contributed by atoms with E-state index in [0.717, 1.165) is 0 Å². The van der Waals surface area contributed by atoms with Gasteiger partial charge in [0.1, 0.15) is 0 Å². The molecule has 1 aliphatic rings. The fourth-order valence-corrected chi connectivity index (χ4v) is 10.1. The molecule has 0 aliphatic heterocycles.